The van der Waals surface area contributed by atoms with Crippen molar-refractivity contribution in [3.05, 3.63) is 29.8 Å². The largest absolute Gasteiger partial charge is 0.345 e. The van der Waals surface area contributed by atoms with Crippen LogP contribution in [0.5, 0.6) is 0 Å². The molecule has 5 heteroatoms. The molecule has 0 aromatic heterocycles. The third-order valence-electron chi connectivity index (χ3n) is 2.18. The minimum atomic E-state index is -1.46. The number of carbonyl (C=O) groups excluding carboxylic acids is 1. The molecular weight excluding hydrogens is 236 g/mol. The summed E-state index contributed by atoms with van der Waals surface area (Å²) in [4.78, 5) is 11.8. The number of benzene rings is 1. The molecule has 3 N–H and O–H groups in total. The molecule has 0 aliphatic rings. The molecule has 1 amide bonds. The molecule has 0 radical (unpaired) electrons. The summed E-state index contributed by atoms with van der Waals surface area (Å²) in [6.07, 6.45) is 6.02. The number of amides is 1. The quantitative estimate of drug-likeness (QED) is 0.740. The smallest absolute Gasteiger partial charge is 0.221 e. The highest BCUT2D eigenvalue weighted by Gasteiger charge is 2.02. The van der Waals surface area contributed by atoms with Gasteiger partial charge in [0, 0.05) is 6.42 Å². The highest BCUT2D eigenvalue weighted by Crippen LogP contribution is 2.08. The Morgan fingerprint density at radius 2 is 2.06 bits per heavy atom. The zero-order valence-corrected chi connectivity index (χ0v) is 10.1. The number of aryl methyl sites for hydroxylation is 1. The molecule has 0 aliphatic carbocycles. The summed E-state index contributed by atoms with van der Waals surface area (Å²) >= 11 is 0. The molecule has 17 heavy (non-hydrogen) atoms. The first-order chi connectivity index (χ1) is 8.13. The number of nitrogens with two attached hydrogens (primary N) is 1. The molecule has 0 bridgehead atoms. The fraction of sp³-hybridized carbons (Fsp3) is 0.250. The van der Waals surface area contributed by atoms with Gasteiger partial charge < -0.3 is 5.32 Å². The lowest BCUT2D eigenvalue weighted by Crippen LogP contribution is -2.23. The molecule has 0 heterocycles. The Kier molecular flexibility index (Phi) is 5.40. The van der Waals surface area contributed by atoms with E-state index in [2.05, 4.69) is 11.2 Å². The zero-order chi connectivity index (χ0) is 12.7. The SMILES string of the molecule is C#CCNC(=O)CCc1ccc(S(N)=O)cc1. The minimum Gasteiger partial charge on any atom is -0.345 e. The molecule has 0 saturated carbocycles. The lowest BCUT2D eigenvalue weighted by atomic mass is 10.1. The molecule has 1 aromatic carbocycles. The van der Waals surface area contributed by atoms with E-state index in [0.29, 0.717) is 17.7 Å². The van der Waals surface area contributed by atoms with E-state index in [1.54, 1.807) is 12.1 Å². The Bertz CT molecular complexity index is 449. The second kappa shape index (κ2) is 6.84. The van der Waals surface area contributed by atoms with E-state index in [0.717, 1.165) is 5.56 Å². The van der Waals surface area contributed by atoms with Gasteiger partial charge in [0.05, 0.1) is 11.4 Å². The van der Waals surface area contributed by atoms with Crippen LogP contribution in [0.25, 0.3) is 0 Å². The van der Waals surface area contributed by atoms with Crippen molar-refractivity contribution >= 4 is 16.9 Å². The first kappa shape index (κ1) is 13.4. The summed E-state index contributed by atoms with van der Waals surface area (Å²) in [5.41, 5.74) is 0.995. The second-order valence-electron chi connectivity index (χ2n) is 3.42. The molecule has 0 aliphatic heterocycles. The van der Waals surface area contributed by atoms with Gasteiger partial charge in [-0.3, -0.25) is 4.79 Å². The molecule has 1 atom stereocenters. The second-order valence-corrected chi connectivity index (χ2v) is 4.49. The van der Waals surface area contributed by atoms with E-state index in [1.807, 2.05) is 12.1 Å². The molecule has 1 rings (SSSR count). The van der Waals surface area contributed by atoms with E-state index in [-0.39, 0.29) is 12.5 Å². The van der Waals surface area contributed by atoms with E-state index < -0.39 is 11.0 Å². The van der Waals surface area contributed by atoms with Crippen molar-refractivity contribution < 1.29 is 9.00 Å². The fourth-order valence-electron chi connectivity index (χ4n) is 1.29. The first-order valence-corrected chi connectivity index (χ1v) is 6.30. The summed E-state index contributed by atoms with van der Waals surface area (Å²) in [6, 6.07) is 7.03. The number of nitrogens with one attached hydrogen (secondary N) is 1. The van der Waals surface area contributed by atoms with E-state index in [4.69, 9.17) is 11.6 Å². The predicted octanol–water partition coefficient (Wildman–Crippen LogP) is 0.350. The Morgan fingerprint density at radius 1 is 1.41 bits per heavy atom. The van der Waals surface area contributed by atoms with Crippen LogP contribution in [0.1, 0.15) is 12.0 Å². The number of carbonyl (C=O) groups is 1. The zero-order valence-electron chi connectivity index (χ0n) is 9.31. The van der Waals surface area contributed by atoms with Crippen LogP contribution in [-0.2, 0) is 22.2 Å². The maximum absolute atomic E-state index is 11.3. The van der Waals surface area contributed by atoms with Gasteiger partial charge in [0.1, 0.15) is 11.0 Å². The highest BCUT2D eigenvalue weighted by atomic mass is 32.2. The molecule has 0 spiro atoms. The average molecular weight is 250 g/mol. The maximum atomic E-state index is 11.3. The molecule has 1 unspecified atom stereocenters. The van der Waals surface area contributed by atoms with E-state index >= 15 is 0 Å². The van der Waals surface area contributed by atoms with Crippen molar-refractivity contribution in [2.75, 3.05) is 6.54 Å². The third-order valence-corrected chi connectivity index (χ3v) is 2.92. The summed E-state index contributed by atoms with van der Waals surface area (Å²) in [5.74, 6) is 2.26. The molecule has 1 aromatic rings. The number of terminal acetylenes is 1. The van der Waals surface area contributed by atoms with Crippen LogP contribution in [0.15, 0.2) is 29.2 Å². The molecular formula is C12H14N2O2S. The summed E-state index contributed by atoms with van der Waals surface area (Å²) < 4.78 is 10.9. The van der Waals surface area contributed by atoms with Crippen LogP contribution in [0.3, 0.4) is 0 Å². The van der Waals surface area contributed by atoms with Crippen LogP contribution in [0, 0.1) is 12.3 Å². The molecule has 4 nitrogen and oxygen atoms in total. The number of rotatable bonds is 5. The number of hydrogen-bond donors (Lipinski definition) is 2. The summed E-state index contributed by atoms with van der Waals surface area (Å²) in [6.45, 7) is 0.254. The van der Waals surface area contributed by atoms with Crippen molar-refractivity contribution in [3.63, 3.8) is 0 Å². The van der Waals surface area contributed by atoms with Gasteiger partial charge >= 0.3 is 0 Å². The van der Waals surface area contributed by atoms with E-state index in [9.17, 15) is 9.00 Å². The Balaban J connectivity index is 2.45. The van der Waals surface area contributed by atoms with Gasteiger partial charge in [0.2, 0.25) is 5.91 Å². The Labute approximate surface area is 103 Å². The van der Waals surface area contributed by atoms with Crippen molar-refractivity contribution in [2.45, 2.75) is 17.7 Å². The van der Waals surface area contributed by atoms with Crippen molar-refractivity contribution in [3.8, 4) is 12.3 Å². The topological polar surface area (TPSA) is 72.2 Å². The Morgan fingerprint density at radius 3 is 2.59 bits per heavy atom. The molecule has 90 valence electrons. The van der Waals surface area contributed by atoms with Crippen LogP contribution in [0.4, 0.5) is 0 Å². The molecule has 0 saturated heterocycles. The lowest BCUT2D eigenvalue weighted by Gasteiger charge is -2.03. The summed E-state index contributed by atoms with van der Waals surface area (Å²) in [5, 5.41) is 7.82. The fourth-order valence-corrected chi connectivity index (χ4v) is 1.69. The van der Waals surface area contributed by atoms with Crippen LogP contribution in [-0.4, -0.2) is 16.7 Å². The lowest BCUT2D eigenvalue weighted by molar-refractivity contribution is -0.120. The standard InChI is InChI=1S/C12H14N2O2S/c1-2-9-14-12(15)8-5-10-3-6-11(7-4-10)17(13)16/h1,3-4,6-7H,5,8-9,13H2,(H,14,15). The van der Waals surface area contributed by atoms with E-state index in [1.165, 1.54) is 0 Å². The minimum absolute atomic E-state index is 0.0746. The van der Waals surface area contributed by atoms with Gasteiger partial charge in [0.25, 0.3) is 0 Å². The normalized spacial score (nSPS) is 11.5. The third kappa shape index (κ3) is 4.81. The maximum Gasteiger partial charge on any atom is 0.221 e. The first-order valence-electron chi connectivity index (χ1n) is 5.08. The van der Waals surface area contributed by atoms with Gasteiger partial charge in [-0.15, -0.1) is 6.42 Å². The summed E-state index contributed by atoms with van der Waals surface area (Å²) in [7, 11) is -1.46. The number of hydrogen-bond acceptors (Lipinski definition) is 2. The average Bonchev–Trinajstić information content (AvgIpc) is 2.34. The predicted molar refractivity (Wildman–Crippen MR) is 67.2 cm³/mol. The van der Waals surface area contributed by atoms with Crippen molar-refractivity contribution in [1.82, 2.24) is 5.32 Å². The monoisotopic (exact) mass is 250 g/mol. The van der Waals surface area contributed by atoms with Crippen LogP contribution < -0.4 is 10.5 Å². The Hall–Kier alpha value is -1.64. The van der Waals surface area contributed by atoms with Gasteiger partial charge in [-0.1, -0.05) is 18.1 Å². The highest BCUT2D eigenvalue weighted by molar-refractivity contribution is 7.82. The van der Waals surface area contributed by atoms with Crippen molar-refractivity contribution in [1.29, 1.82) is 0 Å². The van der Waals surface area contributed by atoms with Crippen molar-refractivity contribution in [2.24, 2.45) is 5.14 Å². The van der Waals surface area contributed by atoms with Gasteiger partial charge in [-0.05, 0) is 24.1 Å². The molecule has 0 fully saturated rings. The van der Waals surface area contributed by atoms with Gasteiger partial charge in [-0.25, -0.2) is 9.35 Å². The van der Waals surface area contributed by atoms with Gasteiger partial charge in [0.15, 0.2) is 0 Å². The van der Waals surface area contributed by atoms with Gasteiger partial charge in [-0.2, -0.15) is 0 Å². The van der Waals surface area contributed by atoms with Crippen LogP contribution in [0.2, 0.25) is 0 Å². The van der Waals surface area contributed by atoms with Crippen LogP contribution >= 0.6 is 0 Å².